The molecule has 8 nitrogen and oxygen atoms in total. The molecule has 0 aliphatic rings. The van der Waals surface area contributed by atoms with Crippen LogP contribution < -0.4 is 16.6 Å². The summed E-state index contributed by atoms with van der Waals surface area (Å²) in [5.74, 6) is -4.95. The van der Waals surface area contributed by atoms with E-state index < -0.39 is 35.1 Å². The molecule has 0 radical (unpaired) electrons. The first-order chi connectivity index (χ1) is 14.2. The van der Waals surface area contributed by atoms with Crippen LogP contribution in [0.1, 0.15) is 15.9 Å². The van der Waals surface area contributed by atoms with Crippen LogP contribution in [0, 0.1) is 11.6 Å². The fraction of sp³-hybridized carbons (Fsp3) is 0.150. The quantitative estimate of drug-likeness (QED) is 0.526. The molecule has 4 N–H and O–H groups in total. The van der Waals surface area contributed by atoms with Crippen molar-refractivity contribution in [2.24, 2.45) is 7.05 Å². The van der Waals surface area contributed by atoms with E-state index in [4.69, 9.17) is 5.73 Å². The molecule has 0 saturated heterocycles. The monoisotopic (exact) mass is 416 g/mol. The molecule has 0 bridgehead atoms. The summed E-state index contributed by atoms with van der Waals surface area (Å²) in [6.45, 7) is 0. The Labute approximate surface area is 169 Å². The third kappa shape index (κ3) is 4.22. The standard InChI is InChI=1S/C20H18F2N4O4/c1-25-7-6-17(27)26(25)13-4-2-11(3-5-13)8-16(20(29)30)24-19(28)18-14(21)9-12(23)10-15(18)22/h2-7,9-10,16H,8,23H2,1H3,(H,24,28)(H,29,30)/t16-/m0/s1. The molecule has 1 atom stereocenters. The molecule has 1 heterocycles. The molecule has 1 aromatic heterocycles. The summed E-state index contributed by atoms with van der Waals surface area (Å²) in [6.07, 6.45) is 1.46. The van der Waals surface area contributed by atoms with Crippen molar-refractivity contribution >= 4 is 17.6 Å². The van der Waals surface area contributed by atoms with Gasteiger partial charge in [-0.3, -0.25) is 14.3 Å². The summed E-state index contributed by atoms with van der Waals surface area (Å²) >= 11 is 0. The number of aromatic nitrogens is 2. The number of nitrogens with zero attached hydrogens (tertiary/aromatic N) is 2. The van der Waals surface area contributed by atoms with Crippen molar-refractivity contribution in [1.82, 2.24) is 14.7 Å². The zero-order valence-electron chi connectivity index (χ0n) is 15.8. The molecular weight excluding hydrogens is 398 g/mol. The predicted molar refractivity (Wildman–Crippen MR) is 104 cm³/mol. The van der Waals surface area contributed by atoms with Crippen molar-refractivity contribution in [2.75, 3.05) is 5.73 Å². The number of halogens is 2. The summed E-state index contributed by atoms with van der Waals surface area (Å²) in [5.41, 5.74) is 5.08. The molecule has 156 valence electrons. The van der Waals surface area contributed by atoms with Crippen LogP contribution >= 0.6 is 0 Å². The Morgan fingerprint density at radius 1 is 1.13 bits per heavy atom. The van der Waals surface area contributed by atoms with Crippen molar-refractivity contribution in [3.63, 3.8) is 0 Å². The number of carbonyl (C=O) groups is 2. The Morgan fingerprint density at radius 2 is 1.73 bits per heavy atom. The average Bonchev–Trinajstić information content (AvgIpc) is 2.99. The third-order valence-electron chi connectivity index (χ3n) is 4.47. The first kappa shape index (κ1) is 20.8. The highest BCUT2D eigenvalue weighted by atomic mass is 19.1. The summed E-state index contributed by atoms with van der Waals surface area (Å²) in [6, 6.07) is 7.96. The second-order valence-corrected chi connectivity index (χ2v) is 6.63. The van der Waals surface area contributed by atoms with Crippen LogP contribution in [0.5, 0.6) is 0 Å². The second-order valence-electron chi connectivity index (χ2n) is 6.63. The minimum atomic E-state index is -1.43. The first-order valence-corrected chi connectivity index (χ1v) is 8.79. The molecule has 1 amide bonds. The largest absolute Gasteiger partial charge is 0.480 e. The smallest absolute Gasteiger partial charge is 0.326 e. The number of rotatable bonds is 6. The van der Waals surface area contributed by atoms with E-state index in [0.717, 1.165) is 12.1 Å². The van der Waals surface area contributed by atoms with Gasteiger partial charge in [0, 0.05) is 31.4 Å². The Kier molecular flexibility index (Phi) is 5.67. The number of carbonyl (C=O) groups excluding carboxylic acids is 1. The van der Waals surface area contributed by atoms with Gasteiger partial charge in [0.15, 0.2) is 0 Å². The molecule has 0 unspecified atom stereocenters. The summed E-state index contributed by atoms with van der Waals surface area (Å²) in [4.78, 5) is 35.7. The van der Waals surface area contributed by atoms with Gasteiger partial charge in [-0.15, -0.1) is 0 Å². The second kappa shape index (κ2) is 8.19. The number of hydrogen-bond donors (Lipinski definition) is 3. The predicted octanol–water partition coefficient (Wildman–Crippen LogP) is 1.46. The van der Waals surface area contributed by atoms with E-state index in [9.17, 15) is 28.3 Å². The van der Waals surface area contributed by atoms with Crippen LogP contribution in [-0.2, 0) is 18.3 Å². The lowest BCUT2D eigenvalue weighted by Crippen LogP contribution is -2.43. The van der Waals surface area contributed by atoms with Crippen molar-refractivity contribution in [2.45, 2.75) is 12.5 Å². The van der Waals surface area contributed by atoms with Gasteiger partial charge in [0.25, 0.3) is 11.5 Å². The van der Waals surface area contributed by atoms with Gasteiger partial charge in [-0.1, -0.05) is 12.1 Å². The Bertz CT molecular complexity index is 1150. The van der Waals surface area contributed by atoms with Gasteiger partial charge < -0.3 is 16.2 Å². The highest BCUT2D eigenvalue weighted by Gasteiger charge is 2.25. The van der Waals surface area contributed by atoms with Crippen LogP contribution in [0.2, 0.25) is 0 Å². The van der Waals surface area contributed by atoms with Crippen LogP contribution in [0.15, 0.2) is 53.5 Å². The van der Waals surface area contributed by atoms with E-state index in [1.165, 1.54) is 10.7 Å². The number of anilines is 1. The topological polar surface area (TPSA) is 119 Å². The van der Waals surface area contributed by atoms with Crippen LogP contribution in [0.25, 0.3) is 5.69 Å². The molecule has 3 aromatic rings. The maximum absolute atomic E-state index is 13.9. The number of nitrogens with one attached hydrogen (secondary N) is 1. The molecule has 0 aliphatic carbocycles. The number of amides is 1. The average molecular weight is 416 g/mol. The molecule has 0 fully saturated rings. The Balaban J connectivity index is 1.79. The van der Waals surface area contributed by atoms with Crippen molar-refractivity contribution < 1.29 is 23.5 Å². The van der Waals surface area contributed by atoms with E-state index in [2.05, 4.69) is 5.32 Å². The fourth-order valence-corrected chi connectivity index (χ4v) is 3.02. The zero-order chi connectivity index (χ0) is 22.0. The molecule has 10 heteroatoms. The van der Waals surface area contributed by atoms with E-state index in [1.807, 2.05) is 0 Å². The minimum Gasteiger partial charge on any atom is -0.480 e. The number of nitrogen functional groups attached to an aromatic ring is 1. The lowest BCUT2D eigenvalue weighted by Gasteiger charge is -2.16. The number of benzene rings is 2. The van der Waals surface area contributed by atoms with E-state index in [0.29, 0.717) is 11.3 Å². The molecular formula is C20H18F2N4O4. The normalized spacial score (nSPS) is 11.8. The van der Waals surface area contributed by atoms with Gasteiger partial charge in [-0.05, 0) is 29.8 Å². The third-order valence-corrected chi connectivity index (χ3v) is 4.47. The highest BCUT2D eigenvalue weighted by Crippen LogP contribution is 2.17. The van der Waals surface area contributed by atoms with Crippen LogP contribution in [0.3, 0.4) is 0 Å². The van der Waals surface area contributed by atoms with Crippen molar-refractivity contribution in [1.29, 1.82) is 0 Å². The molecule has 0 saturated carbocycles. The van der Waals surface area contributed by atoms with E-state index in [-0.39, 0.29) is 17.7 Å². The lowest BCUT2D eigenvalue weighted by atomic mass is 10.0. The SMILES string of the molecule is Cn1ccc(=O)n1-c1ccc(C[C@H](NC(=O)c2c(F)cc(N)cc2F)C(=O)O)cc1. The highest BCUT2D eigenvalue weighted by molar-refractivity contribution is 5.97. The summed E-state index contributed by atoms with van der Waals surface area (Å²) < 4.78 is 30.9. The van der Waals surface area contributed by atoms with Crippen molar-refractivity contribution in [3.8, 4) is 5.69 Å². The summed E-state index contributed by atoms with van der Waals surface area (Å²) in [5, 5.41) is 11.5. The number of carboxylic acid groups (broad SMARTS) is 1. The number of hydrogen-bond acceptors (Lipinski definition) is 4. The van der Waals surface area contributed by atoms with Gasteiger partial charge in [-0.2, -0.15) is 0 Å². The van der Waals surface area contributed by atoms with E-state index in [1.54, 1.807) is 42.2 Å². The van der Waals surface area contributed by atoms with Gasteiger partial charge in [0.05, 0.1) is 5.69 Å². The molecule has 0 spiro atoms. The maximum Gasteiger partial charge on any atom is 0.326 e. The molecule has 3 rings (SSSR count). The Morgan fingerprint density at radius 3 is 2.23 bits per heavy atom. The van der Waals surface area contributed by atoms with Gasteiger partial charge >= 0.3 is 5.97 Å². The number of carboxylic acids is 1. The minimum absolute atomic E-state index is 0.137. The van der Waals surface area contributed by atoms with Gasteiger partial charge in [-0.25, -0.2) is 18.3 Å². The van der Waals surface area contributed by atoms with Gasteiger partial charge in [0.1, 0.15) is 23.2 Å². The Hall–Kier alpha value is -3.95. The number of aryl methyl sites for hydroxylation is 1. The van der Waals surface area contributed by atoms with Crippen LogP contribution in [0.4, 0.5) is 14.5 Å². The summed E-state index contributed by atoms with van der Waals surface area (Å²) in [7, 11) is 1.70. The lowest BCUT2D eigenvalue weighted by molar-refractivity contribution is -0.139. The molecule has 2 aromatic carbocycles. The van der Waals surface area contributed by atoms with Crippen LogP contribution in [-0.4, -0.2) is 32.4 Å². The van der Waals surface area contributed by atoms with Gasteiger partial charge in [0.2, 0.25) is 0 Å². The fourth-order valence-electron chi connectivity index (χ4n) is 3.02. The number of aliphatic carboxylic acids is 1. The number of nitrogens with two attached hydrogens (primary N) is 1. The zero-order valence-corrected chi connectivity index (χ0v) is 15.8. The van der Waals surface area contributed by atoms with Crippen molar-refractivity contribution in [3.05, 3.63) is 81.8 Å². The first-order valence-electron chi connectivity index (χ1n) is 8.79. The maximum atomic E-state index is 13.9. The molecule has 0 aliphatic heterocycles. The molecule has 30 heavy (non-hydrogen) atoms. The van der Waals surface area contributed by atoms with E-state index >= 15 is 0 Å².